The smallest absolute Gasteiger partial charge is 0.423 e. The largest absolute Gasteiger partial charge is 0.488 e. The second-order valence-corrected chi connectivity index (χ2v) is 6.47. The van der Waals surface area contributed by atoms with Crippen molar-refractivity contribution in [2.75, 3.05) is 6.54 Å². The van der Waals surface area contributed by atoms with Crippen molar-refractivity contribution in [3.8, 4) is 0 Å². The standard InChI is InChI=1S/C17H28BNO3/c1-13(2)5-4-6-14(3)11-12-19-17(20)15-7-9-16(10-8-15)18(21)22/h7-10,13-14,21-22H,4-6,11-12H2,1-3H3,(H,19,20)/t14-/m0/s1. The number of carbonyl (C=O) groups is 1. The van der Waals surface area contributed by atoms with E-state index in [0.717, 1.165) is 12.3 Å². The highest BCUT2D eigenvalue weighted by atomic mass is 16.4. The van der Waals surface area contributed by atoms with Gasteiger partial charge in [0.2, 0.25) is 0 Å². The molecule has 0 fully saturated rings. The zero-order valence-corrected chi connectivity index (χ0v) is 13.9. The average Bonchev–Trinajstić information content (AvgIpc) is 2.46. The van der Waals surface area contributed by atoms with Gasteiger partial charge in [0.25, 0.3) is 5.91 Å². The highest BCUT2D eigenvalue weighted by molar-refractivity contribution is 6.58. The van der Waals surface area contributed by atoms with E-state index in [1.165, 1.54) is 19.3 Å². The highest BCUT2D eigenvalue weighted by Gasteiger charge is 2.12. The lowest BCUT2D eigenvalue weighted by atomic mass is 9.80. The van der Waals surface area contributed by atoms with Gasteiger partial charge in [0.15, 0.2) is 0 Å². The number of hydrogen-bond acceptors (Lipinski definition) is 3. The fraction of sp³-hybridized carbons (Fsp3) is 0.588. The van der Waals surface area contributed by atoms with Gasteiger partial charge in [-0.05, 0) is 35.9 Å². The molecule has 0 bridgehead atoms. The SMILES string of the molecule is CC(C)CCC[C@H](C)CCNC(=O)c1ccc(B(O)O)cc1. The van der Waals surface area contributed by atoms with Crippen molar-refractivity contribution in [1.82, 2.24) is 5.32 Å². The minimum absolute atomic E-state index is 0.117. The van der Waals surface area contributed by atoms with E-state index in [1.54, 1.807) is 24.3 Å². The van der Waals surface area contributed by atoms with Crippen molar-refractivity contribution in [3.05, 3.63) is 29.8 Å². The summed E-state index contributed by atoms with van der Waals surface area (Å²) in [5, 5.41) is 20.9. The third kappa shape index (κ3) is 7.10. The first-order valence-electron chi connectivity index (χ1n) is 8.14. The maximum atomic E-state index is 12.0. The van der Waals surface area contributed by atoms with Gasteiger partial charge in [-0.25, -0.2) is 0 Å². The number of amides is 1. The van der Waals surface area contributed by atoms with E-state index in [0.29, 0.717) is 23.5 Å². The summed E-state index contributed by atoms with van der Waals surface area (Å²) in [6.07, 6.45) is 4.70. The van der Waals surface area contributed by atoms with Crippen LogP contribution < -0.4 is 10.8 Å². The molecule has 0 aliphatic heterocycles. The molecule has 0 saturated carbocycles. The molecule has 0 unspecified atom stereocenters. The van der Waals surface area contributed by atoms with Gasteiger partial charge >= 0.3 is 7.12 Å². The predicted molar refractivity (Wildman–Crippen MR) is 91.1 cm³/mol. The second kappa shape index (κ2) is 9.64. The average molecular weight is 305 g/mol. The van der Waals surface area contributed by atoms with E-state index >= 15 is 0 Å². The van der Waals surface area contributed by atoms with Gasteiger partial charge in [-0.3, -0.25) is 4.79 Å². The molecule has 3 N–H and O–H groups in total. The molecule has 1 aromatic carbocycles. The lowest BCUT2D eigenvalue weighted by molar-refractivity contribution is 0.0951. The molecule has 1 amide bonds. The number of hydrogen-bond donors (Lipinski definition) is 3. The van der Waals surface area contributed by atoms with Crippen LogP contribution in [0.2, 0.25) is 0 Å². The van der Waals surface area contributed by atoms with Crippen LogP contribution in [0.5, 0.6) is 0 Å². The van der Waals surface area contributed by atoms with Crippen molar-refractivity contribution < 1.29 is 14.8 Å². The van der Waals surface area contributed by atoms with Crippen LogP contribution in [-0.2, 0) is 0 Å². The molecule has 0 aliphatic rings. The summed E-state index contributed by atoms with van der Waals surface area (Å²) in [6.45, 7) is 7.38. The number of carbonyl (C=O) groups excluding carboxylic acids is 1. The maximum absolute atomic E-state index is 12.0. The molecule has 0 aliphatic carbocycles. The minimum atomic E-state index is -1.50. The molecule has 122 valence electrons. The number of nitrogens with one attached hydrogen (secondary N) is 1. The van der Waals surface area contributed by atoms with Gasteiger partial charge < -0.3 is 15.4 Å². The first-order chi connectivity index (χ1) is 10.4. The van der Waals surface area contributed by atoms with Gasteiger partial charge in [-0.2, -0.15) is 0 Å². The monoisotopic (exact) mass is 305 g/mol. The fourth-order valence-electron chi connectivity index (χ4n) is 2.36. The van der Waals surface area contributed by atoms with Crippen LogP contribution in [0.15, 0.2) is 24.3 Å². The molecule has 1 aromatic rings. The second-order valence-electron chi connectivity index (χ2n) is 6.47. The Morgan fingerprint density at radius 3 is 2.27 bits per heavy atom. The number of benzene rings is 1. The summed E-state index contributed by atoms with van der Waals surface area (Å²) in [5.74, 6) is 1.26. The summed E-state index contributed by atoms with van der Waals surface area (Å²) in [4.78, 5) is 12.0. The van der Waals surface area contributed by atoms with Gasteiger partial charge in [0, 0.05) is 12.1 Å². The van der Waals surface area contributed by atoms with E-state index in [1.807, 2.05) is 0 Å². The Morgan fingerprint density at radius 2 is 1.73 bits per heavy atom. The Labute approximate surface area is 134 Å². The Bertz CT molecular complexity index is 446. The Hall–Kier alpha value is -1.33. The Kier molecular flexibility index (Phi) is 8.21. The molecule has 1 atom stereocenters. The van der Waals surface area contributed by atoms with E-state index in [9.17, 15) is 4.79 Å². The van der Waals surface area contributed by atoms with Gasteiger partial charge in [-0.1, -0.05) is 52.2 Å². The molecule has 0 spiro atoms. The van der Waals surface area contributed by atoms with Crippen molar-refractivity contribution in [1.29, 1.82) is 0 Å². The quantitative estimate of drug-likeness (QED) is 0.611. The summed E-state index contributed by atoms with van der Waals surface area (Å²) in [7, 11) is -1.50. The van der Waals surface area contributed by atoms with Gasteiger partial charge in [-0.15, -0.1) is 0 Å². The van der Waals surface area contributed by atoms with Gasteiger partial charge in [0.1, 0.15) is 0 Å². The molecule has 1 rings (SSSR count). The molecular weight excluding hydrogens is 277 g/mol. The first kappa shape index (κ1) is 18.7. The zero-order chi connectivity index (χ0) is 16.5. The molecule has 0 aromatic heterocycles. The lowest BCUT2D eigenvalue weighted by Crippen LogP contribution is -2.30. The van der Waals surface area contributed by atoms with Crippen LogP contribution in [0.3, 0.4) is 0 Å². The lowest BCUT2D eigenvalue weighted by Gasteiger charge is -2.13. The van der Waals surface area contributed by atoms with Crippen LogP contribution in [-0.4, -0.2) is 29.6 Å². The third-order valence-electron chi connectivity index (χ3n) is 3.87. The Morgan fingerprint density at radius 1 is 1.09 bits per heavy atom. The fourth-order valence-corrected chi connectivity index (χ4v) is 2.36. The van der Waals surface area contributed by atoms with Crippen molar-refractivity contribution in [2.24, 2.45) is 11.8 Å². The summed E-state index contributed by atoms with van der Waals surface area (Å²) in [5.41, 5.74) is 0.923. The third-order valence-corrected chi connectivity index (χ3v) is 3.87. The van der Waals surface area contributed by atoms with E-state index < -0.39 is 7.12 Å². The number of rotatable bonds is 9. The van der Waals surface area contributed by atoms with Crippen LogP contribution >= 0.6 is 0 Å². The Balaban J connectivity index is 2.28. The predicted octanol–water partition coefficient (Wildman–Crippen LogP) is 1.95. The molecule has 0 radical (unpaired) electrons. The van der Waals surface area contributed by atoms with Crippen LogP contribution in [0.25, 0.3) is 0 Å². The maximum Gasteiger partial charge on any atom is 0.488 e. The van der Waals surface area contributed by atoms with E-state index in [2.05, 4.69) is 26.1 Å². The molecular formula is C17H28BNO3. The molecule has 22 heavy (non-hydrogen) atoms. The summed E-state index contributed by atoms with van der Waals surface area (Å²) >= 11 is 0. The van der Waals surface area contributed by atoms with Crippen molar-refractivity contribution >= 4 is 18.5 Å². The zero-order valence-electron chi connectivity index (χ0n) is 13.9. The van der Waals surface area contributed by atoms with Crippen LogP contribution in [0, 0.1) is 11.8 Å². The van der Waals surface area contributed by atoms with Crippen LogP contribution in [0.4, 0.5) is 0 Å². The summed E-state index contributed by atoms with van der Waals surface area (Å²) in [6, 6.07) is 6.31. The highest BCUT2D eigenvalue weighted by Crippen LogP contribution is 2.14. The summed E-state index contributed by atoms with van der Waals surface area (Å²) < 4.78 is 0. The van der Waals surface area contributed by atoms with Crippen molar-refractivity contribution in [3.63, 3.8) is 0 Å². The molecule has 4 nitrogen and oxygen atoms in total. The topological polar surface area (TPSA) is 69.6 Å². The van der Waals surface area contributed by atoms with Crippen molar-refractivity contribution in [2.45, 2.75) is 46.5 Å². The van der Waals surface area contributed by atoms with E-state index in [-0.39, 0.29) is 5.91 Å². The van der Waals surface area contributed by atoms with Gasteiger partial charge in [0.05, 0.1) is 0 Å². The molecule has 5 heteroatoms. The minimum Gasteiger partial charge on any atom is -0.423 e. The molecule has 0 heterocycles. The normalized spacial score (nSPS) is 12.3. The van der Waals surface area contributed by atoms with Crippen LogP contribution in [0.1, 0.15) is 56.8 Å². The first-order valence-corrected chi connectivity index (χ1v) is 8.14. The molecule has 0 saturated heterocycles. The van der Waals surface area contributed by atoms with E-state index in [4.69, 9.17) is 10.0 Å².